The summed E-state index contributed by atoms with van der Waals surface area (Å²) in [6, 6.07) is 56.4. The largest absolute Gasteiger partial charge is 0.308 e. The first-order valence-electron chi connectivity index (χ1n) is 21.6. The van der Waals surface area contributed by atoms with Gasteiger partial charge in [0.15, 0.2) is 0 Å². The Bertz CT molecular complexity index is 3890. The fraction of sp³-hybridized carbons (Fsp3) is 0.140. The lowest BCUT2D eigenvalue weighted by Crippen LogP contribution is -2.11. The Morgan fingerprint density at radius 1 is 0.410 bits per heavy atom. The zero-order valence-electron chi connectivity index (χ0n) is 35.3. The van der Waals surface area contributed by atoms with Crippen molar-refractivity contribution < 1.29 is 0 Å². The van der Waals surface area contributed by atoms with E-state index in [4.69, 9.17) is 4.98 Å². The molecule has 5 aromatic heterocycles. The molecule has 0 fully saturated rings. The van der Waals surface area contributed by atoms with Crippen LogP contribution < -0.4 is 4.90 Å². The second-order valence-corrected chi connectivity index (χ2v) is 19.3. The zero-order chi connectivity index (χ0) is 41.1. The average Bonchev–Trinajstić information content (AvgIpc) is 3.99. The highest BCUT2D eigenvalue weighted by molar-refractivity contribution is 6.40. The normalized spacial score (nSPS) is 13.1. The fourth-order valence-electron chi connectivity index (χ4n) is 10.7. The van der Waals surface area contributed by atoms with E-state index in [0.29, 0.717) is 0 Å². The van der Waals surface area contributed by atoms with Crippen LogP contribution in [0, 0.1) is 0 Å². The molecule has 0 aliphatic rings. The number of pyridine rings is 1. The Balaban J connectivity index is 1.30. The number of anilines is 3. The number of hydrogen-bond acceptors (Lipinski definition) is 2. The van der Waals surface area contributed by atoms with Crippen LogP contribution in [0.5, 0.6) is 0 Å². The third-order valence-electron chi connectivity index (χ3n) is 13.6. The molecule has 0 aliphatic heterocycles. The predicted molar refractivity (Wildman–Crippen MR) is 261 cm³/mol. The summed E-state index contributed by atoms with van der Waals surface area (Å²) < 4.78 is 5.04. The Morgan fingerprint density at radius 2 is 0.984 bits per heavy atom. The molecule has 13 aromatic rings. The third-order valence-corrected chi connectivity index (χ3v) is 13.6. The van der Waals surface area contributed by atoms with Crippen LogP contribution >= 0.6 is 0 Å². The first-order valence-corrected chi connectivity index (χ1v) is 21.6. The molecule has 0 saturated heterocycles. The molecule has 0 spiro atoms. The quantitative estimate of drug-likeness (QED) is 0.178. The van der Waals surface area contributed by atoms with Gasteiger partial charge in [0.1, 0.15) is 5.65 Å². The second-order valence-electron chi connectivity index (χ2n) is 19.3. The van der Waals surface area contributed by atoms with E-state index in [9.17, 15) is 0 Å². The number of aromatic nitrogens is 3. The SMILES string of the molecule is CC(C)(C)c1ccc2c(c1)c1cc3ccccc3c3c4c5c6cc(C(C)(C)C)cc7c8c9ccccc9cc(N(c9ccccc9)c9ccccc9)c8n(c5ncc4n2c13)c67. The molecule has 0 bridgehead atoms. The van der Waals surface area contributed by atoms with Crippen LogP contribution in [0.2, 0.25) is 0 Å². The highest BCUT2D eigenvalue weighted by Gasteiger charge is 2.31. The van der Waals surface area contributed by atoms with Crippen LogP contribution in [0.3, 0.4) is 0 Å². The monoisotopic (exact) mass is 784 g/mol. The van der Waals surface area contributed by atoms with E-state index in [1.807, 2.05) is 0 Å². The molecule has 0 atom stereocenters. The zero-order valence-corrected chi connectivity index (χ0v) is 35.3. The van der Waals surface area contributed by atoms with E-state index in [1.165, 1.54) is 97.8 Å². The summed E-state index contributed by atoms with van der Waals surface area (Å²) >= 11 is 0. The van der Waals surface area contributed by atoms with Crippen molar-refractivity contribution in [1.29, 1.82) is 0 Å². The maximum atomic E-state index is 5.63. The Hall–Kier alpha value is -7.17. The maximum Gasteiger partial charge on any atom is 0.146 e. The standard InChI is InChI=1S/C57H44N4/c1-56(2,3)35-25-26-45-41(29-35)42-27-33-17-13-16-24-40(33)49-51-47(60(45)53(42)49)32-58-55-50(51)44-31-36(57(4,5)6)30-43-48-39-23-15-14-18-34(39)28-46(54(48)61(55)52(43)44)59(37-19-9-7-10-20-37)38-21-11-8-12-22-38/h7-32H,1-6H3. The summed E-state index contributed by atoms with van der Waals surface area (Å²) in [5.41, 5.74) is 13.0. The van der Waals surface area contributed by atoms with Gasteiger partial charge < -0.3 is 9.30 Å². The number of hydrogen-bond donors (Lipinski definition) is 0. The molecule has 4 nitrogen and oxygen atoms in total. The van der Waals surface area contributed by atoms with Crippen molar-refractivity contribution in [2.24, 2.45) is 0 Å². The van der Waals surface area contributed by atoms with Gasteiger partial charge in [-0.3, -0.25) is 4.40 Å². The van der Waals surface area contributed by atoms with E-state index in [1.54, 1.807) is 0 Å². The minimum atomic E-state index is -0.0975. The Morgan fingerprint density at radius 3 is 1.64 bits per heavy atom. The number of rotatable bonds is 3. The molecule has 5 heterocycles. The smallest absolute Gasteiger partial charge is 0.146 e. The van der Waals surface area contributed by atoms with Crippen molar-refractivity contribution in [3.8, 4) is 0 Å². The van der Waals surface area contributed by atoms with Gasteiger partial charge in [-0.15, -0.1) is 0 Å². The second kappa shape index (κ2) is 11.8. The van der Waals surface area contributed by atoms with Gasteiger partial charge in [0.25, 0.3) is 0 Å². The molecule has 61 heavy (non-hydrogen) atoms. The van der Waals surface area contributed by atoms with Crippen molar-refractivity contribution in [3.63, 3.8) is 0 Å². The Kier molecular flexibility index (Phi) is 6.69. The number of nitrogens with zero attached hydrogens (tertiary/aromatic N) is 4. The van der Waals surface area contributed by atoms with Gasteiger partial charge in [0.2, 0.25) is 0 Å². The molecule has 4 heteroatoms. The van der Waals surface area contributed by atoms with Gasteiger partial charge in [0, 0.05) is 54.5 Å². The van der Waals surface area contributed by atoms with Crippen LogP contribution in [-0.4, -0.2) is 13.8 Å². The van der Waals surface area contributed by atoms with E-state index in [0.717, 1.165) is 28.2 Å². The molecule has 0 amide bonds. The first-order chi connectivity index (χ1) is 29.6. The van der Waals surface area contributed by atoms with Crippen molar-refractivity contribution >= 4 is 115 Å². The minimum Gasteiger partial charge on any atom is -0.308 e. The molecule has 0 aliphatic carbocycles. The van der Waals surface area contributed by atoms with E-state index < -0.39 is 0 Å². The fourth-order valence-corrected chi connectivity index (χ4v) is 10.7. The van der Waals surface area contributed by atoms with Crippen molar-refractivity contribution in [2.75, 3.05) is 4.90 Å². The van der Waals surface area contributed by atoms with Gasteiger partial charge in [-0.25, -0.2) is 4.98 Å². The van der Waals surface area contributed by atoms with Crippen molar-refractivity contribution in [3.05, 3.63) is 169 Å². The lowest BCUT2D eigenvalue weighted by molar-refractivity contribution is 0.591. The Labute approximate surface area is 353 Å². The highest BCUT2D eigenvalue weighted by Crippen LogP contribution is 2.52. The third kappa shape index (κ3) is 4.57. The van der Waals surface area contributed by atoms with Crippen molar-refractivity contribution in [1.82, 2.24) is 13.8 Å². The van der Waals surface area contributed by atoms with E-state index in [-0.39, 0.29) is 10.8 Å². The van der Waals surface area contributed by atoms with Gasteiger partial charge in [-0.2, -0.15) is 0 Å². The lowest BCUT2D eigenvalue weighted by Gasteiger charge is -2.27. The highest BCUT2D eigenvalue weighted by atomic mass is 15.2. The van der Waals surface area contributed by atoms with Gasteiger partial charge >= 0.3 is 0 Å². The molecule has 0 radical (unpaired) electrons. The van der Waals surface area contributed by atoms with Crippen LogP contribution in [0.4, 0.5) is 17.1 Å². The maximum absolute atomic E-state index is 5.63. The summed E-state index contributed by atoms with van der Waals surface area (Å²) in [5.74, 6) is 0. The number of para-hydroxylation sites is 2. The van der Waals surface area contributed by atoms with Crippen molar-refractivity contribution in [2.45, 2.75) is 52.4 Å². The van der Waals surface area contributed by atoms with Crippen LogP contribution in [-0.2, 0) is 10.8 Å². The molecular formula is C57H44N4. The molecule has 13 rings (SSSR count). The number of benzene rings is 8. The van der Waals surface area contributed by atoms with Crippen LogP contribution in [0.15, 0.2) is 158 Å². The molecular weight excluding hydrogens is 741 g/mol. The summed E-state index contributed by atoms with van der Waals surface area (Å²) in [4.78, 5) is 8.06. The van der Waals surface area contributed by atoms with E-state index in [2.05, 4.69) is 213 Å². The van der Waals surface area contributed by atoms with E-state index >= 15 is 0 Å². The van der Waals surface area contributed by atoms with Gasteiger partial charge in [-0.1, -0.05) is 133 Å². The minimum absolute atomic E-state index is 0.0349. The average molecular weight is 785 g/mol. The molecule has 0 N–H and O–H groups in total. The first kappa shape index (κ1) is 34.7. The predicted octanol–water partition coefficient (Wildman–Crippen LogP) is 15.8. The number of fused-ring (bicyclic) bond motifs is 17. The molecule has 292 valence electrons. The molecule has 0 unspecified atom stereocenters. The van der Waals surface area contributed by atoms with Gasteiger partial charge in [0.05, 0.1) is 39.5 Å². The van der Waals surface area contributed by atoms with Crippen LogP contribution in [0.1, 0.15) is 52.7 Å². The van der Waals surface area contributed by atoms with Gasteiger partial charge in [-0.05, 0) is 104 Å². The summed E-state index contributed by atoms with van der Waals surface area (Å²) in [7, 11) is 0. The topological polar surface area (TPSA) is 24.9 Å². The molecule has 0 saturated carbocycles. The summed E-state index contributed by atoms with van der Waals surface area (Å²) in [5, 5.41) is 15.2. The van der Waals surface area contributed by atoms with Crippen LogP contribution in [0.25, 0.3) is 97.9 Å². The summed E-state index contributed by atoms with van der Waals surface area (Å²) in [6.45, 7) is 14.0. The molecule has 8 aromatic carbocycles. The summed E-state index contributed by atoms with van der Waals surface area (Å²) in [6.07, 6.45) is 2.17. The lowest BCUT2D eigenvalue weighted by atomic mass is 9.85.